The summed E-state index contributed by atoms with van der Waals surface area (Å²) in [6.07, 6.45) is -1.32. The van der Waals surface area contributed by atoms with Crippen molar-refractivity contribution in [2.75, 3.05) is 0 Å². The molecule has 2 nitrogen and oxygen atoms in total. The molecule has 0 heterocycles. The van der Waals surface area contributed by atoms with E-state index in [4.69, 9.17) is 9.84 Å². The van der Waals surface area contributed by atoms with Crippen LogP contribution in [0.3, 0.4) is 0 Å². The summed E-state index contributed by atoms with van der Waals surface area (Å²) in [4.78, 5) is 0. The molecule has 1 N–H and O–H groups in total. The second kappa shape index (κ2) is 4.37. The Morgan fingerprint density at radius 1 is 1.29 bits per heavy atom. The molecule has 1 aromatic rings. The van der Waals surface area contributed by atoms with Crippen LogP contribution in [-0.2, 0) is 0 Å². The first-order chi connectivity index (χ1) is 6.52. The van der Waals surface area contributed by atoms with Gasteiger partial charge in [0.05, 0.1) is 6.10 Å². The van der Waals surface area contributed by atoms with Crippen molar-refractivity contribution in [1.29, 1.82) is 0 Å². The van der Waals surface area contributed by atoms with Crippen LogP contribution in [0.25, 0.3) is 0 Å². The minimum Gasteiger partial charge on any atom is -0.485 e. The van der Waals surface area contributed by atoms with Gasteiger partial charge in [0.2, 0.25) is 5.82 Å². The van der Waals surface area contributed by atoms with Gasteiger partial charge in [-0.3, -0.25) is 0 Å². The molecule has 78 valence electrons. The monoisotopic (exact) mass is 202 g/mol. The van der Waals surface area contributed by atoms with Crippen molar-refractivity contribution >= 4 is 0 Å². The lowest BCUT2D eigenvalue weighted by Gasteiger charge is -2.17. The molecule has 2 atom stereocenters. The van der Waals surface area contributed by atoms with Gasteiger partial charge in [0.25, 0.3) is 0 Å². The molecule has 0 amide bonds. The maximum Gasteiger partial charge on any atom is 0.200 e. The largest absolute Gasteiger partial charge is 0.485 e. The Morgan fingerprint density at radius 3 is 2.50 bits per heavy atom. The summed E-state index contributed by atoms with van der Waals surface area (Å²) in [5.74, 6) is -2.17. The minimum atomic E-state index is -1.03. The van der Waals surface area contributed by atoms with E-state index in [1.165, 1.54) is 19.1 Å². The number of benzene rings is 1. The molecule has 0 aliphatic carbocycles. The average molecular weight is 202 g/mol. The topological polar surface area (TPSA) is 29.5 Å². The van der Waals surface area contributed by atoms with Crippen LogP contribution in [0.15, 0.2) is 18.2 Å². The smallest absolute Gasteiger partial charge is 0.200 e. The van der Waals surface area contributed by atoms with E-state index in [2.05, 4.69) is 0 Å². The first-order valence-corrected chi connectivity index (χ1v) is 4.31. The van der Waals surface area contributed by atoms with E-state index in [9.17, 15) is 8.78 Å². The molecule has 0 aromatic heterocycles. The van der Waals surface area contributed by atoms with E-state index in [-0.39, 0.29) is 5.75 Å². The lowest BCUT2D eigenvalue weighted by atomic mass is 10.2. The van der Waals surface area contributed by atoms with E-state index < -0.39 is 23.8 Å². The fourth-order valence-corrected chi connectivity index (χ4v) is 0.874. The third kappa shape index (κ3) is 2.42. The Hall–Kier alpha value is -1.16. The summed E-state index contributed by atoms with van der Waals surface area (Å²) >= 11 is 0. The highest BCUT2D eigenvalue weighted by Crippen LogP contribution is 2.20. The zero-order valence-electron chi connectivity index (χ0n) is 8.00. The van der Waals surface area contributed by atoms with Gasteiger partial charge in [-0.25, -0.2) is 4.39 Å². The van der Waals surface area contributed by atoms with Crippen LogP contribution in [0, 0.1) is 11.6 Å². The normalized spacial score (nSPS) is 14.9. The molecule has 0 radical (unpaired) electrons. The fraction of sp³-hybridized carbons (Fsp3) is 0.400. The molecule has 0 fully saturated rings. The zero-order chi connectivity index (χ0) is 10.7. The Labute approximate surface area is 81.1 Å². The molecule has 0 spiro atoms. The van der Waals surface area contributed by atoms with Gasteiger partial charge < -0.3 is 9.84 Å². The molecule has 1 aromatic carbocycles. The number of rotatable bonds is 3. The Morgan fingerprint density at radius 2 is 1.93 bits per heavy atom. The van der Waals surface area contributed by atoms with Gasteiger partial charge in [0, 0.05) is 0 Å². The Balaban J connectivity index is 2.82. The van der Waals surface area contributed by atoms with Crippen molar-refractivity contribution < 1.29 is 18.6 Å². The SMILES string of the molecule is CC(O)C(C)Oc1cccc(F)c1F. The standard InChI is InChI=1S/C10H12F2O2/c1-6(13)7(2)14-9-5-3-4-8(11)10(9)12/h3-7,13H,1-2H3. The molecule has 0 saturated carbocycles. The molecule has 14 heavy (non-hydrogen) atoms. The van der Waals surface area contributed by atoms with Crippen LogP contribution in [0.5, 0.6) is 5.75 Å². The lowest BCUT2D eigenvalue weighted by Crippen LogP contribution is -2.26. The highest BCUT2D eigenvalue weighted by atomic mass is 19.2. The summed E-state index contributed by atoms with van der Waals surface area (Å²) in [6, 6.07) is 3.68. The van der Waals surface area contributed by atoms with Crippen molar-refractivity contribution in [3.63, 3.8) is 0 Å². The Kier molecular flexibility index (Phi) is 3.41. The maximum atomic E-state index is 13.0. The number of hydrogen-bond donors (Lipinski definition) is 1. The van der Waals surface area contributed by atoms with Crippen molar-refractivity contribution in [3.05, 3.63) is 29.8 Å². The van der Waals surface area contributed by atoms with Crippen LogP contribution in [0.2, 0.25) is 0 Å². The van der Waals surface area contributed by atoms with Crippen LogP contribution >= 0.6 is 0 Å². The van der Waals surface area contributed by atoms with Crippen molar-refractivity contribution in [1.82, 2.24) is 0 Å². The predicted molar refractivity (Wildman–Crippen MR) is 48.1 cm³/mol. The van der Waals surface area contributed by atoms with Crippen molar-refractivity contribution in [3.8, 4) is 5.75 Å². The molecule has 0 aliphatic rings. The van der Waals surface area contributed by atoms with Crippen LogP contribution in [0.1, 0.15) is 13.8 Å². The second-order valence-electron chi connectivity index (χ2n) is 3.12. The van der Waals surface area contributed by atoms with E-state index in [1.54, 1.807) is 6.92 Å². The van der Waals surface area contributed by atoms with E-state index in [0.29, 0.717) is 0 Å². The molecule has 4 heteroatoms. The molecular weight excluding hydrogens is 190 g/mol. The molecule has 0 saturated heterocycles. The van der Waals surface area contributed by atoms with Gasteiger partial charge >= 0.3 is 0 Å². The first-order valence-electron chi connectivity index (χ1n) is 4.31. The molecule has 2 unspecified atom stereocenters. The maximum absolute atomic E-state index is 13.0. The Bertz CT molecular complexity index is 313. The van der Waals surface area contributed by atoms with E-state index in [0.717, 1.165) is 6.07 Å². The lowest BCUT2D eigenvalue weighted by molar-refractivity contribution is 0.0574. The quantitative estimate of drug-likeness (QED) is 0.813. The molecule has 0 bridgehead atoms. The van der Waals surface area contributed by atoms with E-state index in [1.807, 2.05) is 0 Å². The summed E-state index contributed by atoms with van der Waals surface area (Å²) in [6.45, 7) is 3.09. The third-order valence-electron chi connectivity index (χ3n) is 1.91. The highest BCUT2D eigenvalue weighted by molar-refractivity contribution is 5.25. The predicted octanol–water partition coefficient (Wildman–Crippen LogP) is 2.11. The van der Waals surface area contributed by atoms with Crippen LogP contribution in [0.4, 0.5) is 8.78 Å². The van der Waals surface area contributed by atoms with Crippen LogP contribution in [-0.4, -0.2) is 17.3 Å². The summed E-state index contributed by atoms with van der Waals surface area (Å²) in [7, 11) is 0. The van der Waals surface area contributed by atoms with Crippen molar-refractivity contribution in [2.24, 2.45) is 0 Å². The summed E-state index contributed by atoms with van der Waals surface area (Å²) in [5, 5.41) is 9.10. The third-order valence-corrected chi connectivity index (χ3v) is 1.91. The fourth-order valence-electron chi connectivity index (χ4n) is 0.874. The van der Waals surface area contributed by atoms with Crippen LogP contribution < -0.4 is 4.74 Å². The highest BCUT2D eigenvalue weighted by Gasteiger charge is 2.14. The zero-order valence-corrected chi connectivity index (χ0v) is 8.00. The van der Waals surface area contributed by atoms with Gasteiger partial charge in [0.1, 0.15) is 6.10 Å². The van der Waals surface area contributed by atoms with E-state index >= 15 is 0 Å². The number of halogens is 2. The van der Waals surface area contributed by atoms with Gasteiger partial charge in [-0.2, -0.15) is 4.39 Å². The number of aliphatic hydroxyl groups is 1. The molecule has 0 aliphatic heterocycles. The van der Waals surface area contributed by atoms with Crippen molar-refractivity contribution in [2.45, 2.75) is 26.1 Å². The number of hydrogen-bond acceptors (Lipinski definition) is 2. The summed E-state index contributed by atoms with van der Waals surface area (Å²) < 4.78 is 30.8. The van der Waals surface area contributed by atoms with Gasteiger partial charge in [0.15, 0.2) is 11.6 Å². The van der Waals surface area contributed by atoms with Gasteiger partial charge in [-0.05, 0) is 26.0 Å². The summed E-state index contributed by atoms with van der Waals surface area (Å²) in [5.41, 5.74) is 0. The van der Waals surface area contributed by atoms with Gasteiger partial charge in [-0.1, -0.05) is 6.07 Å². The average Bonchev–Trinajstić information content (AvgIpc) is 2.12. The first kappa shape index (κ1) is 10.9. The number of ether oxygens (including phenoxy) is 1. The molecular formula is C10H12F2O2. The minimum absolute atomic E-state index is 0.182. The molecule has 1 rings (SSSR count). The van der Waals surface area contributed by atoms with Gasteiger partial charge in [-0.15, -0.1) is 0 Å². The second-order valence-corrected chi connectivity index (χ2v) is 3.12. The number of aliphatic hydroxyl groups excluding tert-OH is 1.